The molecular weight excluding hydrogens is 354 g/mol. The van der Waals surface area contributed by atoms with E-state index in [1.807, 2.05) is 19.1 Å². The number of nitrogens with zero attached hydrogens (tertiary/aromatic N) is 1. The van der Waals surface area contributed by atoms with E-state index in [4.69, 9.17) is 21.1 Å². The molecule has 8 heteroatoms. The van der Waals surface area contributed by atoms with Crippen LogP contribution in [0.4, 0.5) is 14.5 Å². The van der Waals surface area contributed by atoms with E-state index in [9.17, 15) is 8.78 Å². The van der Waals surface area contributed by atoms with Gasteiger partial charge < -0.3 is 14.2 Å². The Bertz CT molecular complexity index is 745. The third kappa shape index (κ3) is 4.96. The molecule has 0 bridgehead atoms. The second-order valence-corrected chi connectivity index (χ2v) is 5.37. The fourth-order valence-corrected chi connectivity index (χ4v) is 2.20. The van der Waals surface area contributed by atoms with E-state index in [0.717, 1.165) is 5.56 Å². The molecule has 0 aromatic heterocycles. The van der Waals surface area contributed by atoms with Crippen LogP contribution in [0.5, 0.6) is 17.2 Å². The first-order valence-electron chi connectivity index (χ1n) is 7.20. The summed E-state index contributed by atoms with van der Waals surface area (Å²) in [5.41, 5.74) is 5.08. The van der Waals surface area contributed by atoms with Crippen LogP contribution in [-0.4, -0.2) is 27.0 Å². The SMILES string of the molecule is COc1cc(/C=N\Nc2ccc(C)c(Cl)c2)cc(OC)c1OC(F)F. The normalized spacial score (nSPS) is 11.0. The van der Waals surface area contributed by atoms with E-state index in [2.05, 4.69) is 15.3 Å². The average Bonchev–Trinajstić information content (AvgIpc) is 2.58. The Balaban J connectivity index is 2.22. The van der Waals surface area contributed by atoms with Gasteiger partial charge in [-0.25, -0.2) is 0 Å². The van der Waals surface area contributed by atoms with Crippen molar-refractivity contribution in [1.29, 1.82) is 0 Å². The number of methoxy groups -OCH3 is 2. The number of nitrogens with one attached hydrogen (secondary N) is 1. The zero-order chi connectivity index (χ0) is 18.4. The van der Waals surface area contributed by atoms with Crippen LogP contribution in [0.25, 0.3) is 0 Å². The molecule has 0 aliphatic rings. The molecule has 0 aliphatic heterocycles. The summed E-state index contributed by atoms with van der Waals surface area (Å²) in [6.07, 6.45) is 1.49. The third-order valence-corrected chi connectivity index (χ3v) is 3.68. The molecule has 25 heavy (non-hydrogen) atoms. The van der Waals surface area contributed by atoms with Gasteiger partial charge in [-0.3, -0.25) is 5.43 Å². The number of anilines is 1. The smallest absolute Gasteiger partial charge is 0.387 e. The Morgan fingerprint density at radius 2 is 1.76 bits per heavy atom. The maximum absolute atomic E-state index is 12.5. The number of ether oxygens (including phenoxy) is 3. The molecule has 0 atom stereocenters. The number of halogens is 3. The molecular formula is C17H17ClF2N2O3. The van der Waals surface area contributed by atoms with Crippen molar-refractivity contribution in [3.63, 3.8) is 0 Å². The maximum Gasteiger partial charge on any atom is 0.387 e. The molecule has 2 aromatic carbocycles. The van der Waals surface area contributed by atoms with Crippen molar-refractivity contribution in [2.24, 2.45) is 5.10 Å². The lowest BCUT2D eigenvalue weighted by molar-refractivity contribution is -0.0526. The summed E-state index contributed by atoms with van der Waals surface area (Å²) in [5, 5.41) is 4.71. The van der Waals surface area contributed by atoms with E-state index < -0.39 is 6.61 Å². The molecule has 0 saturated heterocycles. The zero-order valence-corrected chi connectivity index (χ0v) is 14.6. The lowest BCUT2D eigenvalue weighted by Crippen LogP contribution is -2.06. The molecule has 0 saturated carbocycles. The standard InChI is InChI=1S/C17H17ClF2N2O3/c1-10-4-5-12(8-13(10)18)22-21-9-11-6-14(23-2)16(25-17(19)20)15(7-11)24-3/h4-9,17,22H,1-3H3/b21-9-. The number of aryl methyl sites for hydroxylation is 1. The van der Waals surface area contributed by atoms with E-state index in [1.54, 1.807) is 6.07 Å². The average molecular weight is 371 g/mol. The highest BCUT2D eigenvalue weighted by atomic mass is 35.5. The Hall–Kier alpha value is -2.54. The van der Waals surface area contributed by atoms with Gasteiger partial charge >= 0.3 is 6.61 Å². The molecule has 134 valence electrons. The van der Waals surface area contributed by atoms with Crippen molar-refractivity contribution < 1.29 is 23.0 Å². The van der Waals surface area contributed by atoms with Crippen LogP contribution in [0.2, 0.25) is 5.02 Å². The minimum atomic E-state index is -2.99. The van der Waals surface area contributed by atoms with Crippen molar-refractivity contribution in [3.8, 4) is 17.2 Å². The van der Waals surface area contributed by atoms with Crippen molar-refractivity contribution >= 4 is 23.5 Å². The fourth-order valence-electron chi connectivity index (χ4n) is 2.02. The van der Waals surface area contributed by atoms with Gasteiger partial charge in [-0.1, -0.05) is 17.7 Å². The largest absolute Gasteiger partial charge is 0.493 e. The van der Waals surface area contributed by atoms with Gasteiger partial charge in [-0.2, -0.15) is 13.9 Å². The van der Waals surface area contributed by atoms with Crippen molar-refractivity contribution in [3.05, 3.63) is 46.5 Å². The number of rotatable bonds is 7. The molecule has 0 radical (unpaired) electrons. The van der Waals surface area contributed by atoms with Gasteiger partial charge in [0.15, 0.2) is 11.5 Å². The number of alkyl halides is 2. The molecule has 0 unspecified atom stereocenters. The fraction of sp³-hybridized carbons (Fsp3) is 0.235. The summed E-state index contributed by atoms with van der Waals surface area (Å²) in [4.78, 5) is 0. The van der Waals surface area contributed by atoms with E-state index in [-0.39, 0.29) is 17.2 Å². The first-order chi connectivity index (χ1) is 11.9. The third-order valence-electron chi connectivity index (χ3n) is 3.27. The van der Waals surface area contributed by atoms with Crippen LogP contribution in [0, 0.1) is 6.92 Å². The number of hydrazone groups is 1. The van der Waals surface area contributed by atoms with Crippen molar-refractivity contribution in [2.75, 3.05) is 19.6 Å². The van der Waals surface area contributed by atoms with Gasteiger partial charge in [0.05, 0.1) is 26.1 Å². The zero-order valence-electron chi connectivity index (χ0n) is 13.8. The van der Waals surface area contributed by atoms with Crippen molar-refractivity contribution in [1.82, 2.24) is 0 Å². The Morgan fingerprint density at radius 3 is 2.28 bits per heavy atom. The summed E-state index contributed by atoms with van der Waals surface area (Å²) >= 11 is 6.05. The minimum absolute atomic E-state index is 0.111. The minimum Gasteiger partial charge on any atom is -0.493 e. The molecule has 0 amide bonds. The number of hydrogen-bond donors (Lipinski definition) is 1. The molecule has 1 N–H and O–H groups in total. The lowest BCUT2D eigenvalue weighted by Gasteiger charge is -2.14. The molecule has 0 spiro atoms. The number of hydrogen-bond acceptors (Lipinski definition) is 5. The van der Waals surface area contributed by atoms with Crippen LogP contribution in [0.1, 0.15) is 11.1 Å². The summed E-state index contributed by atoms with van der Waals surface area (Å²) in [5.74, 6) is 0.0504. The highest BCUT2D eigenvalue weighted by molar-refractivity contribution is 6.31. The molecule has 0 fully saturated rings. The highest BCUT2D eigenvalue weighted by Crippen LogP contribution is 2.39. The monoisotopic (exact) mass is 370 g/mol. The van der Waals surface area contributed by atoms with Crippen molar-refractivity contribution in [2.45, 2.75) is 13.5 Å². The maximum atomic E-state index is 12.5. The summed E-state index contributed by atoms with van der Waals surface area (Å²) in [7, 11) is 2.70. The Labute approximate surface area is 149 Å². The van der Waals surface area contributed by atoms with E-state index in [0.29, 0.717) is 16.3 Å². The first-order valence-corrected chi connectivity index (χ1v) is 7.58. The Kier molecular flexibility index (Phi) is 6.41. The molecule has 0 heterocycles. The van der Waals surface area contributed by atoms with Gasteiger partial charge in [0.25, 0.3) is 0 Å². The van der Waals surface area contributed by atoms with Gasteiger partial charge in [0.2, 0.25) is 5.75 Å². The lowest BCUT2D eigenvalue weighted by atomic mass is 10.2. The van der Waals surface area contributed by atoms with E-state index in [1.165, 1.54) is 32.6 Å². The second kappa shape index (κ2) is 8.53. The summed E-state index contributed by atoms with van der Waals surface area (Å²) in [6.45, 7) is -1.09. The van der Waals surface area contributed by atoms with Gasteiger partial charge in [0.1, 0.15) is 0 Å². The van der Waals surface area contributed by atoms with E-state index >= 15 is 0 Å². The first kappa shape index (κ1) is 18.8. The highest BCUT2D eigenvalue weighted by Gasteiger charge is 2.17. The topological polar surface area (TPSA) is 52.1 Å². The quantitative estimate of drug-likeness (QED) is 0.566. The van der Waals surface area contributed by atoms with Crippen LogP contribution >= 0.6 is 11.6 Å². The molecule has 5 nitrogen and oxygen atoms in total. The Morgan fingerprint density at radius 1 is 1.12 bits per heavy atom. The van der Waals surface area contributed by atoms with Crippen LogP contribution in [-0.2, 0) is 0 Å². The molecule has 2 rings (SSSR count). The number of benzene rings is 2. The molecule has 2 aromatic rings. The van der Waals surface area contributed by atoms with Crippen LogP contribution in [0.3, 0.4) is 0 Å². The van der Waals surface area contributed by atoms with Crippen LogP contribution in [0.15, 0.2) is 35.4 Å². The summed E-state index contributed by atoms with van der Waals surface area (Å²) in [6, 6.07) is 8.46. The van der Waals surface area contributed by atoms with Gasteiger partial charge in [-0.05, 0) is 36.8 Å². The predicted octanol–water partition coefficient (Wildman–Crippen LogP) is 4.71. The summed E-state index contributed by atoms with van der Waals surface area (Å²) < 4.78 is 39.7. The molecule has 0 aliphatic carbocycles. The second-order valence-electron chi connectivity index (χ2n) is 4.97. The van der Waals surface area contributed by atoms with Crippen LogP contribution < -0.4 is 19.6 Å². The van der Waals surface area contributed by atoms with Gasteiger partial charge in [-0.15, -0.1) is 0 Å². The predicted molar refractivity (Wildman–Crippen MR) is 93.6 cm³/mol. The van der Waals surface area contributed by atoms with Gasteiger partial charge in [0, 0.05) is 10.6 Å².